The molecule has 0 fully saturated rings. The van der Waals surface area contributed by atoms with Gasteiger partial charge in [-0.25, -0.2) is 9.78 Å². The number of imidazole rings is 1. The molecular formula is C23H28N8O6. The number of primary amides is 1. The third kappa shape index (κ3) is 7.63. The number of para-hydroxylation sites is 1. The van der Waals surface area contributed by atoms with Crippen molar-refractivity contribution >= 4 is 40.5 Å². The molecule has 37 heavy (non-hydrogen) atoms. The van der Waals surface area contributed by atoms with Crippen LogP contribution in [0.5, 0.6) is 0 Å². The van der Waals surface area contributed by atoms with E-state index in [4.69, 9.17) is 11.5 Å². The summed E-state index contributed by atoms with van der Waals surface area (Å²) in [6, 6.07) is 3.51. The predicted octanol–water partition coefficient (Wildman–Crippen LogP) is -1.95. The third-order valence-electron chi connectivity index (χ3n) is 5.53. The molecule has 196 valence electrons. The van der Waals surface area contributed by atoms with E-state index >= 15 is 0 Å². The summed E-state index contributed by atoms with van der Waals surface area (Å²) < 4.78 is 0. The summed E-state index contributed by atoms with van der Waals surface area (Å²) in [6.07, 6.45) is 4.13. The van der Waals surface area contributed by atoms with Gasteiger partial charge in [0.05, 0.1) is 25.3 Å². The second kappa shape index (κ2) is 12.3. The topological polar surface area (TPSA) is 238 Å². The van der Waals surface area contributed by atoms with Crippen molar-refractivity contribution in [2.45, 2.75) is 37.4 Å². The number of H-pyrrole nitrogens is 2. The Labute approximate surface area is 210 Å². The lowest BCUT2D eigenvalue weighted by Crippen LogP contribution is -2.55. The molecule has 0 saturated carbocycles. The number of aliphatic carboxylic acids is 1. The van der Waals surface area contributed by atoms with Crippen LogP contribution in [-0.2, 0) is 36.8 Å². The molecular weight excluding hydrogens is 484 g/mol. The van der Waals surface area contributed by atoms with Crippen LogP contribution in [0.15, 0.2) is 43.0 Å². The van der Waals surface area contributed by atoms with Gasteiger partial charge in [-0.15, -0.1) is 0 Å². The summed E-state index contributed by atoms with van der Waals surface area (Å²) in [6.45, 7) is -0.532. The minimum atomic E-state index is -1.45. The number of hydrogen-bond donors (Lipinski definition) is 8. The Hall–Kier alpha value is -4.72. The van der Waals surface area contributed by atoms with E-state index in [0.717, 1.165) is 10.9 Å². The van der Waals surface area contributed by atoms with Crippen LogP contribution < -0.4 is 27.4 Å². The number of benzene rings is 1. The van der Waals surface area contributed by atoms with Crippen molar-refractivity contribution in [3.05, 3.63) is 54.2 Å². The summed E-state index contributed by atoms with van der Waals surface area (Å²) in [5.74, 6) is -4.53. The first kappa shape index (κ1) is 26.9. The van der Waals surface area contributed by atoms with Crippen LogP contribution in [0, 0.1) is 0 Å². The second-order valence-corrected chi connectivity index (χ2v) is 8.36. The monoisotopic (exact) mass is 512 g/mol. The number of nitrogens with two attached hydrogens (primary N) is 2. The Kier molecular flexibility index (Phi) is 8.94. The predicted molar refractivity (Wildman–Crippen MR) is 131 cm³/mol. The molecule has 2 heterocycles. The Morgan fingerprint density at radius 2 is 1.76 bits per heavy atom. The van der Waals surface area contributed by atoms with Crippen molar-refractivity contribution in [3.63, 3.8) is 0 Å². The molecule has 0 radical (unpaired) electrons. The first-order valence-electron chi connectivity index (χ1n) is 11.3. The van der Waals surface area contributed by atoms with Crippen molar-refractivity contribution in [2.75, 3.05) is 6.54 Å². The Bertz CT molecular complexity index is 1270. The SMILES string of the molecule is NC(=O)CC(NC(=O)CNC(=O)C(N)Cc1cnc[nH]1)C(=O)NC(Cc1c[nH]c2ccccc12)C(=O)O. The lowest BCUT2D eigenvalue weighted by molar-refractivity contribution is -0.142. The van der Waals surface area contributed by atoms with Crippen LogP contribution in [0.3, 0.4) is 0 Å². The number of fused-ring (bicyclic) bond motifs is 1. The number of aromatic nitrogens is 3. The zero-order chi connectivity index (χ0) is 26.9. The fourth-order valence-corrected chi connectivity index (χ4v) is 3.67. The van der Waals surface area contributed by atoms with Crippen LogP contribution in [0.25, 0.3) is 10.9 Å². The summed E-state index contributed by atoms with van der Waals surface area (Å²) in [5.41, 5.74) is 13.1. The average Bonchev–Trinajstić information content (AvgIpc) is 3.51. The number of rotatable bonds is 13. The molecule has 0 aliphatic carbocycles. The first-order valence-corrected chi connectivity index (χ1v) is 11.3. The standard InChI is InChI=1S/C23H28N8O6/c24-15(6-13-9-26-11-29-13)21(34)28-10-20(33)30-17(7-19(25)32)22(35)31-18(23(36)37)5-12-8-27-16-4-2-1-3-14(12)16/h1-4,8-9,11,15,17-18,27H,5-7,10,24H2,(H2,25,32)(H,26,29)(H,28,34)(H,30,33)(H,31,35)(H,36,37). The molecule has 0 spiro atoms. The highest BCUT2D eigenvalue weighted by Crippen LogP contribution is 2.19. The van der Waals surface area contributed by atoms with E-state index in [1.807, 2.05) is 18.2 Å². The van der Waals surface area contributed by atoms with Gasteiger partial charge in [0.2, 0.25) is 23.6 Å². The largest absolute Gasteiger partial charge is 0.480 e. The number of nitrogens with one attached hydrogen (secondary N) is 5. The van der Waals surface area contributed by atoms with Crippen LogP contribution in [0.2, 0.25) is 0 Å². The maximum Gasteiger partial charge on any atom is 0.326 e. The highest BCUT2D eigenvalue weighted by atomic mass is 16.4. The number of hydrogen-bond acceptors (Lipinski definition) is 7. The van der Waals surface area contributed by atoms with Gasteiger partial charge in [0.15, 0.2) is 0 Å². The van der Waals surface area contributed by atoms with Gasteiger partial charge >= 0.3 is 5.97 Å². The highest BCUT2D eigenvalue weighted by Gasteiger charge is 2.29. The fraction of sp³-hybridized carbons (Fsp3) is 0.304. The van der Waals surface area contributed by atoms with Gasteiger partial charge in [0.1, 0.15) is 12.1 Å². The molecule has 0 aliphatic heterocycles. The molecule has 14 nitrogen and oxygen atoms in total. The Balaban J connectivity index is 1.58. The third-order valence-corrected chi connectivity index (χ3v) is 5.53. The van der Waals surface area contributed by atoms with Gasteiger partial charge in [-0.2, -0.15) is 0 Å². The van der Waals surface area contributed by atoms with Crippen molar-refractivity contribution < 1.29 is 29.1 Å². The van der Waals surface area contributed by atoms with Crippen molar-refractivity contribution in [1.29, 1.82) is 0 Å². The van der Waals surface area contributed by atoms with E-state index in [1.165, 1.54) is 12.5 Å². The minimum Gasteiger partial charge on any atom is -0.480 e. The molecule has 0 aliphatic rings. The molecule has 0 saturated heterocycles. The van der Waals surface area contributed by atoms with Gasteiger partial charge in [-0.05, 0) is 11.6 Å². The molecule has 10 N–H and O–H groups in total. The molecule has 14 heteroatoms. The molecule has 1 aromatic carbocycles. The molecule has 3 atom stereocenters. The van der Waals surface area contributed by atoms with Crippen LogP contribution in [0.1, 0.15) is 17.7 Å². The number of carboxylic acids is 1. The van der Waals surface area contributed by atoms with E-state index in [0.29, 0.717) is 11.3 Å². The molecule has 2 aromatic heterocycles. The lowest BCUT2D eigenvalue weighted by Gasteiger charge is -2.21. The van der Waals surface area contributed by atoms with Gasteiger partial charge < -0.3 is 42.5 Å². The summed E-state index contributed by atoms with van der Waals surface area (Å²) in [7, 11) is 0. The number of aromatic amines is 2. The van der Waals surface area contributed by atoms with Crippen LogP contribution >= 0.6 is 0 Å². The van der Waals surface area contributed by atoms with E-state index in [2.05, 4.69) is 30.9 Å². The lowest BCUT2D eigenvalue weighted by atomic mass is 10.0. The van der Waals surface area contributed by atoms with Crippen LogP contribution in [-0.4, -0.2) is 74.3 Å². The maximum absolute atomic E-state index is 12.8. The van der Waals surface area contributed by atoms with E-state index < -0.39 is 60.7 Å². The quantitative estimate of drug-likeness (QED) is 0.128. The fourth-order valence-electron chi connectivity index (χ4n) is 3.67. The van der Waals surface area contributed by atoms with E-state index in [9.17, 15) is 29.1 Å². The maximum atomic E-state index is 12.8. The summed E-state index contributed by atoms with van der Waals surface area (Å²) in [5, 5.41) is 17.4. The van der Waals surface area contributed by atoms with Crippen LogP contribution in [0.4, 0.5) is 0 Å². The average molecular weight is 513 g/mol. The number of carboxylic acid groups (broad SMARTS) is 1. The highest BCUT2D eigenvalue weighted by molar-refractivity contribution is 5.95. The zero-order valence-corrected chi connectivity index (χ0v) is 19.7. The van der Waals surface area contributed by atoms with Crippen molar-refractivity contribution in [3.8, 4) is 0 Å². The molecule has 3 aromatic rings. The zero-order valence-electron chi connectivity index (χ0n) is 19.7. The number of carbonyl (C=O) groups is 5. The summed E-state index contributed by atoms with van der Waals surface area (Å²) in [4.78, 5) is 70.4. The minimum absolute atomic E-state index is 0.0490. The number of nitrogens with zero attached hydrogens (tertiary/aromatic N) is 1. The molecule has 3 rings (SSSR count). The smallest absolute Gasteiger partial charge is 0.326 e. The molecule has 0 bridgehead atoms. The number of carbonyl (C=O) groups excluding carboxylic acids is 4. The Morgan fingerprint density at radius 1 is 1.00 bits per heavy atom. The molecule has 4 amide bonds. The van der Waals surface area contributed by atoms with Crippen molar-refractivity contribution in [2.24, 2.45) is 11.5 Å². The second-order valence-electron chi connectivity index (χ2n) is 8.36. The first-order chi connectivity index (χ1) is 17.6. The molecule has 3 unspecified atom stereocenters. The Morgan fingerprint density at radius 3 is 2.43 bits per heavy atom. The normalized spacial score (nSPS) is 13.3. The number of amides is 4. The summed E-state index contributed by atoms with van der Waals surface area (Å²) >= 11 is 0. The van der Waals surface area contributed by atoms with E-state index in [1.54, 1.807) is 12.3 Å². The van der Waals surface area contributed by atoms with Gasteiger partial charge in [-0.3, -0.25) is 19.2 Å². The van der Waals surface area contributed by atoms with E-state index in [-0.39, 0.29) is 12.8 Å². The van der Waals surface area contributed by atoms with Gasteiger partial charge in [-0.1, -0.05) is 18.2 Å². The van der Waals surface area contributed by atoms with Gasteiger partial charge in [0.25, 0.3) is 0 Å². The van der Waals surface area contributed by atoms with Crippen molar-refractivity contribution in [1.82, 2.24) is 30.9 Å². The van der Waals surface area contributed by atoms with Gasteiger partial charge in [0, 0.05) is 41.8 Å².